The third-order valence-electron chi connectivity index (χ3n) is 2.98. The molecule has 3 heteroatoms. The highest BCUT2D eigenvalue weighted by atomic mass is 16.4. The zero-order valence-electron chi connectivity index (χ0n) is 13.9. The Balaban J connectivity index is 3.45. The van der Waals surface area contributed by atoms with Gasteiger partial charge in [0.05, 0.1) is 0 Å². The maximum Gasteiger partial charge on any atom is 0.303 e. The molecule has 0 amide bonds. The first-order valence-electron chi connectivity index (χ1n) is 8.36. The van der Waals surface area contributed by atoms with Crippen molar-refractivity contribution in [2.75, 3.05) is 6.61 Å². The van der Waals surface area contributed by atoms with Gasteiger partial charge < -0.3 is 10.2 Å². The van der Waals surface area contributed by atoms with Crippen LogP contribution >= 0.6 is 0 Å². The number of rotatable bonds is 14. The Morgan fingerprint density at radius 3 is 1.96 bits per heavy atom. The molecule has 2 N–H and O–H groups in total. The number of unbranched alkanes of at least 4 members (excludes halogenated alkanes) is 2. The number of aliphatic hydroxyl groups excluding tert-OH is 1. The van der Waals surface area contributed by atoms with Crippen LogP contribution in [0.1, 0.15) is 51.4 Å². The van der Waals surface area contributed by atoms with Gasteiger partial charge in [-0.05, 0) is 44.9 Å². The Hall–Kier alpha value is -1.87. The van der Waals surface area contributed by atoms with Crippen LogP contribution < -0.4 is 0 Å². The molecule has 0 atom stereocenters. The summed E-state index contributed by atoms with van der Waals surface area (Å²) in [7, 11) is 0. The lowest BCUT2D eigenvalue weighted by Crippen LogP contribution is -1.92. The summed E-state index contributed by atoms with van der Waals surface area (Å²) < 4.78 is 0. The number of carboxylic acids is 1. The molecule has 0 aliphatic rings. The van der Waals surface area contributed by atoms with E-state index in [2.05, 4.69) is 42.5 Å². The van der Waals surface area contributed by atoms with Gasteiger partial charge in [-0.3, -0.25) is 4.79 Å². The summed E-state index contributed by atoms with van der Waals surface area (Å²) in [4.78, 5) is 10.3. The topological polar surface area (TPSA) is 57.5 Å². The van der Waals surface area contributed by atoms with Crippen LogP contribution in [0, 0.1) is 0 Å². The van der Waals surface area contributed by atoms with Crippen molar-refractivity contribution < 1.29 is 15.0 Å². The fourth-order valence-electron chi connectivity index (χ4n) is 1.77. The maximum atomic E-state index is 10.3. The molecule has 0 aromatic heterocycles. The molecule has 0 unspecified atom stereocenters. The standard InChI is InChI=1S/C20H30O3/c21-19-17-15-13-11-9-7-5-3-1-2-4-6-8-10-12-14-16-18-20(22)23/h3-7,9-10,12-13,15,21H,1-2,8,11,14,16-19H2,(H,22,23)/b5-3+,6-4+,9-7+,12-10+,15-13+. The number of carboxylic acid groups (broad SMARTS) is 1. The third-order valence-corrected chi connectivity index (χ3v) is 2.98. The van der Waals surface area contributed by atoms with E-state index in [-0.39, 0.29) is 13.0 Å². The quantitative estimate of drug-likeness (QED) is 0.270. The molecule has 0 heterocycles. The largest absolute Gasteiger partial charge is 0.481 e. The summed E-state index contributed by atoms with van der Waals surface area (Å²) in [6, 6.07) is 0. The number of allylic oxidation sites excluding steroid dienone is 9. The van der Waals surface area contributed by atoms with Gasteiger partial charge in [-0.2, -0.15) is 0 Å². The molecular formula is C20H30O3. The Morgan fingerprint density at radius 2 is 1.26 bits per heavy atom. The van der Waals surface area contributed by atoms with Crippen molar-refractivity contribution in [3.8, 4) is 0 Å². The third kappa shape index (κ3) is 20.1. The number of aliphatic carboxylic acids is 1. The molecule has 3 nitrogen and oxygen atoms in total. The van der Waals surface area contributed by atoms with Gasteiger partial charge in [0.25, 0.3) is 0 Å². The van der Waals surface area contributed by atoms with E-state index in [1.165, 1.54) is 0 Å². The van der Waals surface area contributed by atoms with Crippen molar-refractivity contribution >= 4 is 5.97 Å². The van der Waals surface area contributed by atoms with Crippen molar-refractivity contribution in [3.05, 3.63) is 60.8 Å². The van der Waals surface area contributed by atoms with Crippen molar-refractivity contribution in [1.29, 1.82) is 0 Å². The van der Waals surface area contributed by atoms with Crippen molar-refractivity contribution in [1.82, 2.24) is 0 Å². The first-order chi connectivity index (χ1) is 11.3. The lowest BCUT2D eigenvalue weighted by Gasteiger charge is -1.90. The Kier molecular flexibility index (Phi) is 16.7. The molecule has 0 spiro atoms. The lowest BCUT2D eigenvalue weighted by molar-refractivity contribution is -0.137. The zero-order valence-corrected chi connectivity index (χ0v) is 13.9. The highest BCUT2D eigenvalue weighted by Crippen LogP contribution is 1.99. The van der Waals surface area contributed by atoms with Gasteiger partial charge in [0.15, 0.2) is 0 Å². The van der Waals surface area contributed by atoms with E-state index in [0.29, 0.717) is 6.42 Å². The second kappa shape index (κ2) is 18.2. The number of aliphatic hydroxyl groups is 1. The van der Waals surface area contributed by atoms with Crippen LogP contribution in [0.5, 0.6) is 0 Å². The molecule has 0 rings (SSSR count). The van der Waals surface area contributed by atoms with E-state index in [9.17, 15) is 4.79 Å². The van der Waals surface area contributed by atoms with E-state index >= 15 is 0 Å². The minimum Gasteiger partial charge on any atom is -0.481 e. The predicted molar refractivity (Wildman–Crippen MR) is 97.4 cm³/mol. The second-order valence-corrected chi connectivity index (χ2v) is 5.12. The van der Waals surface area contributed by atoms with Crippen LogP contribution in [0.3, 0.4) is 0 Å². The molecule has 0 aromatic carbocycles. The number of hydrogen-bond donors (Lipinski definition) is 2. The highest BCUT2D eigenvalue weighted by Gasteiger charge is 1.92. The van der Waals surface area contributed by atoms with Crippen LogP contribution in [-0.4, -0.2) is 22.8 Å². The van der Waals surface area contributed by atoms with E-state index in [1.54, 1.807) is 0 Å². The van der Waals surface area contributed by atoms with Gasteiger partial charge in [-0.15, -0.1) is 0 Å². The Morgan fingerprint density at radius 1 is 0.696 bits per heavy atom. The fraction of sp³-hybridized carbons (Fsp3) is 0.450. The van der Waals surface area contributed by atoms with Crippen molar-refractivity contribution in [2.24, 2.45) is 0 Å². The number of hydrogen-bond acceptors (Lipinski definition) is 2. The summed E-state index contributed by atoms with van der Waals surface area (Å²) in [6.45, 7) is 0.216. The molecular weight excluding hydrogens is 288 g/mol. The van der Waals surface area contributed by atoms with Gasteiger partial charge in [0.1, 0.15) is 0 Å². The minimum atomic E-state index is -0.723. The van der Waals surface area contributed by atoms with E-state index in [1.807, 2.05) is 18.2 Å². The van der Waals surface area contributed by atoms with E-state index in [0.717, 1.165) is 38.5 Å². The number of carbonyl (C=O) groups is 1. The summed E-state index contributed by atoms with van der Waals surface area (Å²) in [6.07, 6.45) is 27.3. The predicted octanol–water partition coefficient (Wildman–Crippen LogP) is 4.97. The lowest BCUT2D eigenvalue weighted by atomic mass is 10.2. The monoisotopic (exact) mass is 318 g/mol. The Labute approximate surface area is 140 Å². The average molecular weight is 318 g/mol. The van der Waals surface area contributed by atoms with Crippen molar-refractivity contribution in [3.63, 3.8) is 0 Å². The average Bonchev–Trinajstić information content (AvgIpc) is 2.53. The summed E-state index contributed by atoms with van der Waals surface area (Å²) in [5.41, 5.74) is 0. The molecule has 0 aromatic rings. The molecule has 0 saturated heterocycles. The molecule has 0 bridgehead atoms. The molecule has 23 heavy (non-hydrogen) atoms. The smallest absolute Gasteiger partial charge is 0.303 e. The minimum absolute atomic E-state index is 0.216. The van der Waals surface area contributed by atoms with Crippen molar-refractivity contribution in [2.45, 2.75) is 51.4 Å². The van der Waals surface area contributed by atoms with Gasteiger partial charge in [0.2, 0.25) is 0 Å². The summed E-state index contributed by atoms with van der Waals surface area (Å²) in [5, 5.41) is 17.1. The second-order valence-electron chi connectivity index (χ2n) is 5.12. The van der Waals surface area contributed by atoms with Crippen LogP contribution in [0.15, 0.2) is 60.8 Å². The van der Waals surface area contributed by atoms with Gasteiger partial charge in [0, 0.05) is 13.0 Å². The molecule has 0 aliphatic carbocycles. The SMILES string of the molecule is O=C(O)CCC/C=C/C/C=C/CC/C=C/C=C/C/C=C/CCO. The van der Waals surface area contributed by atoms with E-state index < -0.39 is 5.97 Å². The highest BCUT2D eigenvalue weighted by molar-refractivity contribution is 5.66. The van der Waals surface area contributed by atoms with E-state index in [4.69, 9.17) is 10.2 Å². The first-order valence-corrected chi connectivity index (χ1v) is 8.36. The van der Waals surface area contributed by atoms with Crippen LogP contribution in [-0.2, 0) is 4.79 Å². The summed E-state index contributed by atoms with van der Waals surface area (Å²) >= 11 is 0. The molecule has 128 valence electrons. The van der Waals surface area contributed by atoms with Crippen LogP contribution in [0.4, 0.5) is 0 Å². The van der Waals surface area contributed by atoms with Gasteiger partial charge >= 0.3 is 5.97 Å². The van der Waals surface area contributed by atoms with Crippen LogP contribution in [0.2, 0.25) is 0 Å². The van der Waals surface area contributed by atoms with Crippen LogP contribution in [0.25, 0.3) is 0 Å². The normalized spacial score (nSPS) is 12.7. The molecule has 0 radical (unpaired) electrons. The zero-order chi connectivity index (χ0) is 17.0. The maximum absolute atomic E-state index is 10.3. The molecule has 0 aliphatic heterocycles. The van der Waals surface area contributed by atoms with Gasteiger partial charge in [-0.25, -0.2) is 0 Å². The Bertz CT molecular complexity index is 415. The molecule has 0 saturated carbocycles. The molecule has 0 fully saturated rings. The summed E-state index contributed by atoms with van der Waals surface area (Å²) in [5.74, 6) is -0.723. The first kappa shape index (κ1) is 21.1. The fourth-order valence-corrected chi connectivity index (χ4v) is 1.77. The van der Waals surface area contributed by atoms with Gasteiger partial charge in [-0.1, -0.05) is 60.8 Å².